The third-order valence-corrected chi connectivity index (χ3v) is 3.71. The lowest BCUT2D eigenvalue weighted by Gasteiger charge is -2.07. The third-order valence-electron chi connectivity index (χ3n) is 2.83. The van der Waals surface area contributed by atoms with Crippen LogP contribution in [0.2, 0.25) is 5.02 Å². The van der Waals surface area contributed by atoms with Crippen LogP contribution in [0.4, 0.5) is 4.39 Å². The van der Waals surface area contributed by atoms with Crippen LogP contribution in [0.3, 0.4) is 0 Å². The van der Waals surface area contributed by atoms with Crippen LogP contribution in [0.25, 0.3) is 0 Å². The predicted molar refractivity (Wildman–Crippen MR) is 62.1 cm³/mol. The molecule has 0 heterocycles. The zero-order valence-corrected chi connectivity index (χ0v) is 9.86. The van der Waals surface area contributed by atoms with Gasteiger partial charge in [0.25, 0.3) is 0 Å². The number of aryl methyl sites for hydroxylation is 1. The first kappa shape index (κ1) is 11.2. The molecule has 15 heavy (non-hydrogen) atoms. The maximum Gasteiger partial charge on any atom is 0.142 e. The molecule has 0 aromatic heterocycles. The molecule has 3 heteroatoms. The van der Waals surface area contributed by atoms with E-state index in [1.807, 2.05) is 6.07 Å². The van der Waals surface area contributed by atoms with Gasteiger partial charge in [0.15, 0.2) is 0 Å². The van der Waals surface area contributed by atoms with E-state index in [0.29, 0.717) is 5.92 Å². The zero-order valence-electron chi connectivity index (χ0n) is 8.35. The van der Waals surface area contributed by atoms with E-state index < -0.39 is 0 Å². The molecule has 1 aliphatic rings. The van der Waals surface area contributed by atoms with Crippen molar-refractivity contribution in [3.63, 3.8) is 0 Å². The summed E-state index contributed by atoms with van der Waals surface area (Å²) in [6.45, 7) is 0. The molecule has 0 bridgehead atoms. The Balaban J connectivity index is 1.89. The van der Waals surface area contributed by atoms with E-state index in [1.54, 1.807) is 6.07 Å². The number of alkyl halides is 1. The van der Waals surface area contributed by atoms with E-state index in [0.717, 1.165) is 18.4 Å². The highest BCUT2D eigenvalue weighted by Gasteiger charge is 2.29. The van der Waals surface area contributed by atoms with Crippen molar-refractivity contribution >= 4 is 23.2 Å². The molecule has 0 aliphatic heterocycles. The number of hydrogen-bond donors (Lipinski definition) is 0. The lowest BCUT2D eigenvalue weighted by Crippen LogP contribution is -2.03. The van der Waals surface area contributed by atoms with E-state index >= 15 is 0 Å². The first-order chi connectivity index (χ1) is 7.16. The fourth-order valence-electron chi connectivity index (χ4n) is 1.69. The topological polar surface area (TPSA) is 0 Å². The molecule has 0 nitrogen and oxygen atoms in total. The summed E-state index contributed by atoms with van der Waals surface area (Å²) in [5, 5.41) is 0.437. The van der Waals surface area contributed by atoms with E-state index in [9.17, 15) is 4.39 Å². The van der Waals surface area contributed by atoms with Crippen LogP contribution >= 0.6 is 23.2 Å². The van der Waals surface area contributed by atoms with Crippen LogP contribution in [0, 0.1) is 11.7 Å². The van der Waals surface area contributed by atoms with Crippen molar-refractivity contribution in [1.29, 1.82) is 0 Å². The van der Waals surface area contributed by atoms with Gasteiger partial charge in [-0.15, -0.1) is 11.6 Å². The minimum Gasteiger partial charge on any atom is -0.205 e. The largest absolute Gasteiger partial charge is 0.205 e. The molecular formula is C12H13Cl2F. The van der Waals surface area contributed by atoms with E-state index in [1.165, 1.54) is 18.9 Å². The Labute approximate surface area is 99.4 Å². The van der Waals surface area contributed by atoms with Gasteiger partial charge in [0.2, 0.25) is 0 Å². The van der Waals surface area contributed by atoms with Crippen LogP contribution in [0.5, 0.6) is 0 Å². The molecule has 0 amide bonds. The van der Waals surface area contributed by atoms with Crippen molar-refractivity contribution in [2.75, 3.05) is 0 Å². The zero-order chi connectivity index (χ0) is 10.8. The number of hydrogen-bond acceptors (Lipinski definition) is 0. The lowest BCUT2D eigenvalue weighted by atomic mass is 10.1. The smallest absolute Gasteiger partial charge is 0.142 e. The van der Waals surface area contributed by atoms with E-state index in [2.05, 4.69) is 0 Å². The fourth-order valence-corrected chi connectivity index (χ4v) is 2.17. The fraction of sp³-hybridized carbons (Fsp3) is 0.500. The second-order valence-electron chi connectivity index (χ2n) is 4.14. The normalized spacial score (nSPS) is 17.8. The van der Waals surface area contributed by atoms with Gasteiger partial charge >= 0.3 is 0 Å². The van der Waals surface area contributed by atoms with Gasteiger partial charge < -0.3 is 0 Å². The quantitative estimate of drug-likeness (QED) is 0.690. The van der Waals surface area contributed by atoms with Gasteiger partial charge in [-0.3, -0.25) is 0 Å². The van der Waals surface area contributed by atoms with Gasteiger partial charge in [-0.05, 0) is 49.3 Å². The molecule has 1 atom stereocenters. The first-order valence-corrected chi connectivity index (χ1v) is 6.06. The summed E-state index contributed by atoms with van der Waals surface area (Å²) in [6.07, 6.45) is 4.26. The minimum absolute atomic E-state index is 0.184. The van der Waals surface area contributed by atoms with Gasteiger partial charge in [0.1, 0.15) is 5.82 Å². The Morgan fingerprint density at radius 2 is 2.13 bits per heavy atom. The molecule has 2 rings (SSSR count). The van der Waals surface area contributed by atoms with Gasteiger partial charge in [0, 0.05) is 5.38 Å². The highest BCUT2D eigenvalue weighted by molar-refractivity contribution is 6.30. The van der Waals surface area contributed by atoms with Crippen LogP contribution in [0.1, 0.15) is 24.8 Å². The molecule has 0 radical (unpaired) electrons. The highest BCUT2D eigenvalue weighted by Crippen LogP contribution is 2.37. The molecule has 0 spiro atoms. The average Bonchev–Trinajstić information content (AvgIpc) is 3.03. The second-order valence-corrected chi connectivity index (χ2v) is 5.11. The van der Waals surface area contributed by atoms with Gasteiger partial charge in [-0.2, -0.15) is 0 Å². The summed E-state index contributed by atoms with van der Waals surface area (Å²) >= 11 is 11.8. The van der Waals surface area contributed by atoms with E-state index in [-0.39, 0.29) is 16.2 Å². The van der Waals surface area contributed by atoms with Crippen molar-refractivity contribution in [1.82, 2.24) is 0 Å². The van der Waals surface area contributed by atoms with Crippen molar-refractivity contribution in [3.8, 4) is 0 Å². The summed E-state index contributed by atoms with van der Waals surface area (Å²) in [6, 6.07) is 4.97. The van der Waals surface area contributed by atoms with Crippen molar-refractivity contribution < 1.29 is 4.39 Å². The summed E-state index contributed by atoms with van der Waals surface area (Å²) < 4.78 is 13.1. The van der Waals surface area contributed by atoms with Crippen LogP contribution in [-0.4, -0.2) is 5.38 Å². The van der Waals surface area contributed by atoms with Crippen LogP contribution in [-0.2, 0) is 6.42 Å². The molecule has 82 valence electrons. The number of benzene rings is 1. The maximum absolute atomic E-state index is 13.1. The number of halogens is 3. The molecule has 1 saturated carbocycles. The summed E-state index contributed by atoms with van der Waals surface area (Å²) in [5.74, 6) is 0.357. The van der Waals surface area contributed by atoms with Gasteiger partial charge in [-0.1, -0.05) is 17.7 Å². The molecule has 0 saturated heterocycles. The second kappa shape index (κ2) is 4.71. The van der Waals surface area contributed by atoms with Crippen LogP contribution < -0.4 is 0 Å². The SMILES string of the molecule is Fc1cc(CCC(Cl)C2CC2)ccc1Cl. The molecular weight excluding hydrogens is 234 g/mol. The molecule has 1 fully saturated rings. The average molecular weight is 247 g/mol. The third kappa shape index (κ3) is 3.09. The lowest BCUT2D eigenvalue weighted by molar-refractivity contribution is 0.622. The Morgan fingerprint density at radius 3 is 2.73 bits per heavy atom. The Morgan fingerprint density at radius 1 is 1.40 bits per heavy atom. The van der Waals surface area contributed by atoms with Crippen LogP contribution in [0.15, 0.2) is 18.2 Å². The summed E-state index contributed by atoms with van der Waals surface area (Å²) in [4.78, 5) is 0. The standard InChI is InChI=1S/C12H13Cl2F/c13-10(9-3-4-9)5-1-8-2-6-11(14)12(15)7-8/h2,6-7,9-10H,1,3-5H2. The molecule has 1 aromatic carbocycles. The highest BCUT2D eigenvalue weighted by atomic mass is 35.5. The van der Waals surface area contributed by atoms with Gasteiger partial charge in [0.05, 0.1) is 5.02 Å². The van der Waals surface area contributed by atoms with E-state index in [4.69, 9.17) is 23.2 Å². The van der Waals surface area contributed by atoms with Crippen molar-refractivity contribution in [2.45, 2.75) is 31.1 Å². The minimum atomic E-state index is -0.341. The molecule has 1 aliphatic carbocycles. The molecule has 1 aromatic rings. The molecule has 0 N–H and O–H groups in total. The summed E-state index contributed by atoms with van der Waals surface area (Å²) in [5.41, 5.74) is 0.975. The molecule has 1 unspecified atom stereocenters. The van der Waals surface area contributed by atoms with Crippen molar-refractivity contribution in [3.05, 3.63) is 34.6 Å². The predicted octanol–water partition coefficient (Wildman–Crippen LogP) is 4.43. The first-order valence-electron chi connectivity index (χ1n) is 5.25. The monoisotopic (exact) mass is 246 g/mol. The van der Waals surface area contributed by atoms with Crippen molar-refractivity contribution in [2.24, 2.45) is 5.92 Å². The number of rotatable bonds is 4. The Hall–Kier alpha value is -0.270. The maximum atomic E-state index is 13.1. The summed E-state index contributed by atoms with van der Waals surface area (Å²) in [7, 11) is 0. The Bertz CT molecular complexity index is 347. The Kier molecular flexibility index (Phi) is 3.53. The van der Waals surface area contributed by atoms with Gasteiger partial charge in [-0.25, -0.2) is 4.39 Å².